The number of aliphatic imine (C=N–C) groups is 1. The zero-order valence-corrected chi connectivity index (χ0v) is 12.9. The van der Waals surface area contributed by atoms with Gasteiger partial charge in [-0.25, -0.2) is 19.3 Å². The minimum atomic E-state index is -0.748. The van der Waals surface area contributed by atoms with Crippen molar-refractivity contribution >= 4 is 23.6 Å². The fourth-order valence-corrected chi connectivity index (χ4v) is 2.16. The number of nitrogens with one attached hydrogen (secondary N) is 1. The van der Waals surface area contributed by atoms with Crippen molar-refractivity contribution in [1.29, 1.82) is 0 Å². The van der Waals surface area contributed by atoms with Crippen molar-refractivity contribution in [3.8, 4) is 11.6 Å². The average Bonchev–Trinajstić information content (AvgIpc) is 2.57. The molecular weight excluding hydrogens is 332 g/mol. The molecule has 3 aromatic rings. The third-order valence-electron chi connectivity index (χ3n) is 3.17. The van der Waals surface area contributed by atoms with E-state index in [1.807, 2.05) is 0 Å². The van der Waals surface area contributed by atoms with E-state index in [-0.39, 0.29) is 5.56 Å². The molecule has 7 nitrogen and oxygen atoms in total. The van der Waals surface area contributed by atoms with Crippen molar-refractivity contribution in [3.63, 3.8) is 0 Å². The van der Waals surface area contributed by atoms with E-state index in [1.54, 1.807) is 42.5 Å². The first kappa shape index (κ1) is 15.7. The van der Waals surface area contributed by atoms with Crippen LogP contribution in [0.3, 0.4) is 0 Å². The Morgan fingerprint density at radius 2 is 1.92 bits per heavy atom. The molecule has 0 radical (unpaired) electrons. The average molecular weight is 343 g/mol. The first-order valence-corrected chi connectivity index (χ1v) is 7.23. The van der Waals surface area contributed by atoms with Gasteiger partial charge in [0.25, 0.3) is 5.56 Å². The third-order valence-corrected chi connectivity index (χ3v) is 3.40. The highest BCUT2D eigenvalue weighted by Gasteiger charge is 2.13. The zero-order chi connectivity index (χ0) is 17.1. The Labute approximate surface area is 140 Å². The Balaban J connectivity index is 2.10. The van der Waals surface area contributed by atoms with Crippen molar-refractivity contribution in [3.05, 3.63) is 80.1 Å². The minimum Gasteiger partial charge on any atom is -0.493 e. The molecule has 0 fully saturated rings. The molecule has 24 heavy (non-hydrogen) atoms. The molecule has 120 valence electrons. The third kappa shape index (κ3) is 3.11. The van der Waals surface area contributed by atoms with E-state index < -0.39 is 17.1 Å². The molecule has 0 unspecified atom stereocenters. The molecule has 0 aliphatic carbocycles. The molecule has 0 saturated carbocycles. The van der Waals surface area contributed by atoms with E-state index in [2.05, 4.69) is 15.0 Å². The number of H-pyrrole nitrogens is 1. The SMILES string of the molecule is O=c1[nH]c(=O)n(-c2ccccc2)c(O)c1C=Nc1ccc(Cl)cn1. The lowest BCUT2D eigenvalue weighted by Crippen LogP contribution is -2.31. The van der Waals surface area contributed by atoms with Crippen LogP contribution in [0.15, 0.2) is 63.2 Å². The highest BCUT2D eigenvalue weighted by molar-refractivity contribution is 6.30. The number of hydrogen-bond acceptors (Lipinski definition) is 5. The Morgan fingerprint density at radius 1 is 1.17 bits per heavy atom. The number of nitrogens with zero attached hydrogens (tertiary/aromatic N) is 3. The van der Waals surface area contributed by atoms with Crippen molar-refractivity contribution in [2.45, 2.75) is 0 Å². The summed E-state index contributed by atoms with van der Waals surface area (Å²) in [5.41, 5.74) is -1.24. The van der Waals surface area contributed by atoms with Crippen LogP contribution in [-0.2, 0) is 0 Å². The van der Waals surface area contributed by atoms with Gasteiger partial charge in [0.05, 0.1) is 10.7 Å². The summed E-state index contributed by atoms with van der Waals surface area (Å²) in [6.45, 7) is 0. The molecule has 2 aromatic heterocycles. The number of hydrogen-bond donors (Lipinski definition) is 2. The van der Waals surface area contributed by atoms with Gasteiger partial charge in [-0.3, -0.25) is 9.78 Å². The van der Waals surface area contributed by atoms with Gasteiger partial charge < -0.3 is 5.11 Å². The van der Waals surface area contributed by atoms with Crippen molar-refractivity contribution in [1.82, 2.24) is 14.5 Å². The van der Waals surface area contributed by atoms with Gasteiger partial charge in [-0.15, -0.1) is 0 Å². The highest BCUT2D eigenvalue weighted by Crippen LogP contribution is 2.16. The van der Waals surface area contributed by atoms with Crippen LogP contribution < -0.4 is 11.2 Å². The van der Waals surface area contributed by atoms with E-state index in [0.29, 0.717) is 16.5 Å². The van der Waals surface area contributed by atoms with Gasteiger partial charge in [0.1, 0.15) is 5.56 Å². The molecule has 0 atom stereocenters. The highest BCUT2D eigenvalue weighted by atomic mass is 35.5. The van der Waals surface area contributed by atoms with Crippen LogP contribution in [0.4, 0.5) is 5.82 Å². The number of rotatable bonds is 3. The van der Waals surface area contributed by atoms with Gasteiger partial charge in [-0.1, -0.05) is 29.8 Å². The van der Waals surface area contributed by atoms with E-state index in [9.17, 15) is 14.7 Å². The fraction of sp³-hybridized carbons (Fsp3) is 0. The summed E-state index contributed by atoms with van der Waals surface area (Å²) in [4.78, 5) is 34.1. The summed E-state index contributed by atoms with van der Waals surface area (Å²) in [5.74, 6) is -0.205. The Bertz CT molecular complexity index is 1010. The number of pyridine rings is 1. The largest absolute Gasteiger partial charge is 0.493 e. The van der Waals surface area contributed by atoms with Crippen LogP contribution in [0.1, 0.15) is 5.56 Å². The van der Waals surface area contributed by atoms with E-state index >= 15 is 0 Å². The molecule has 0 aliphatic rings. The Kier molecular flexibility index (Phi) is 4.26. The molecule has 3 rings (SSSR count). The number of aromatic amines is 1. The lowest BCUT2D eigenvalue weighted by atomic mass is 10.3. The maximum atomic E-state index is 12.0. The topological polar surface area (TPSA) is 100 Å². The first-order chi connectivity index (χ1) is 11.6. The summed E-state index contributed by atoms with van der Waals surface area (Å²) < 4.78 is 0.984. The van der Waals surface area contributed by atoms with E-state index in [4.69, 9.17) is 11.6 Å². The maximum absolute atomic E-state index is 12.0. The molecule has 2 heterocycles. The van der Waals surface area contributed by atoms with Crippen molar-refractivity contribution in [2.24, 2.45) is 4.99 Å². The normalized spacial score (nSPS) is 11.0. The number of benzene rings is 1. The summed E-state index contributed by atoms with van der Waals surface area (Å²) in [6, 6.07) is 11.6. The summed E-state index contributed by atoms with van der Waals surface area (Å²) in [7, 11) is 0. The van der Waals surface area contributed by atoms with Gasteiger partial charge in [-0.2, -0.15) is 0 Å². The molecule has 0 spiro atoms. The fourth-order valence-electron chi connectivity index (χ4n) is 2.05. The molecule has 2 N–H and O–H groups in total. The van der Waals surface area contributed by atoms with Gasteiger partial charge >= 0.3 is 5.69 Å². The van der Waals surface area contributed by atoms with E-state index in [1.165, 1.54) is 6.20 Å². The monoisotopic (exact) mass is 342 g/mol. The van der Waals surface area contributed by atoms with Crippen LogP contribution >= 0.6 is 11.6 Å². The van der Waals surface area contributed by atoms with Crippen molar-refractivity contribution < 1.29 is 5.11 Å². The molecule has 0 saturated heterocycles. The first-order valence-electron chi connectivity index (χ1n) is 6.85. The summed E-state index contributed by atoms with van der Waals surface area (Å²) in [5, 5.41) is 10.8. The van der Waals surface area contributed by atoms with Crippen LogP contribution in [0.25, 0.3) is 5.69 Å². The van der Waals surface area contributed by atoms with Gasteiger partial charge in [0, 0.05) is 12.4 Å². The van der Waals surface area contributed by atoms with E-state index in [0.717, 1.165) is 10.8 Å². The summed E-state index contributed by atoms with van der Waals surface area (Å²) in [6.07, 6.45) is 2.55. The van der Waals surface area contributed by atoms with Crippen molar-refractivity contribution in [2.75, 3.05) is 0 Å². The second-order valence-electron chi connectivity index (χ2n) is 4.76. The smallest absolute Gasteiger partial charge is 0.335 e. The number of aromatic nitrogens is 3. The number of halogens is 1. The van der Waals surface area contributed by atoms with Crippen LogP contribution in [0.2, 0.25) is 5.02 Å². The van der Waals surface area contributed by atoms with Crippen LogP contribution in [0, 0.1) is 0 Å². The lowest BCUT2D eigenvalue weighted by Gasteiger charge is -2.09. The molecule has 0 bridgehead atoms. The maximum Gasteiger partial charge on any atom is 0.335 e. The molecule has 0 aliphatic heterocycles. The quantitative estimate of drug-likeness (QED) is 0.711. The van der Waals surface area contributed by atoms with Crippen LogP contribution in [0.5, 0.6) is 5.88 Å². The predicted molar refractivity (Wildman–Crippen MR) is 90.8 cm³/mol. The number of para-hydroxylation sites is 1. The second-order valence-corrected chi connectivity index (χ2v) is 5.20. The standard InChI is InChI=1S/C16H11ClN4O3/c17-10-6-7-13(18-8-10)19-9-12-14(22)20-16(24)21(15(12)23)11-4-2-1-3-5-11/h1-9,23H,(H,20,22,24). The lowest BCUT2D eigenvalue weighted by molar-refractivity contribution is 0.430. The minimum absolute atomic E-state index is 0.157. The molecule has 0 amide bonds. The predicted octanol–water partition coefficient (Wildman–Crippen LogP) is 2.03. The summed E-state index contributed by atoms with van der Waals surface area (Å²) >= 11 is 5.74. The number of aromatic hydroxyl groups is 1. The molecule has 1 aromatic carbocycles. The Morgan fingerprint density at radius 3 is 2.58 bits per heavy atom. The second kappa shape index (κ2) is 6.51. The molecular formula is C16H11ClN4O3. The Hall–Kier alpha value is -3.19. The van der Waals surface area contributed by atoms with Gasteiger partial charge in [-0.05, 0) is 24.3 Å². The zero-order valence-electron chi connectivity index (χ0n) is 12.2. The molecule has 8 heteroatoms. The van der Waals surface area contributed by atoms with Gasteiger partial charge in [0.2, 0.25) is 5.88 Å². The van der Waals surface area contributed by atoms with Crippen LogP contribution in [-0.4, -0.2) is 25.9 Å². The van der Waals surface area contributed by atoms with Gasteiger partial charge in [0.15, 0.2) is 5.82 Å².